The second-order valence-corrected chi connectivity index (χ2v) is 7.60. The largest absolute Gasteiger partial charge is 0.480 e. The van der Waals surface area contributed by atoms with Crippen LogP contribution in [-0.4, -0.2) is 60.0 Å². The first-order valence-corrected chi connectivity index (χ1v) is 10.1. The number of carboxylic acid groups (broad SMARTS) is 1. The van der Waals surface area contributed by atoms with E-state index < -0.39 is 48.4 Å². The molecular weight excluding hydrogens is 378 g/mol. The molecule has 3 amide bonds. The van der Waals surface area contributed by atoms with Gasteiger partial charge in [-0.25, -0.2) is 0 Å². The number of rotatable bonds is 14. The maximum absolute atomic E-state index is 12.8. The Kier molecular flexibility index (Phi) is 12.8. The predicted molar refractivity (Wildman–Crippen MR) is 110 cm³/mol. The molecule has 0 saturated heterocycles. The first-order chi connectivity index (χ1) is 13.5. The summed E-state index contributed by atoms with van der Waals surface area (Å²) in [5.41, 5.74) is 11.5. The molecule has 0 aromatic carbocycles. The van der Waals surface area contributed by atoms with Crippen molar-refractivity contribution in [2.45, 2.75) is 71.5 Å². The molecule has 0 radical (unpaired) electrons. The second kappa shape index (κ2) is 13.9. The van der Waals surface area contributed by atoms with Crippen LogP contribution in [0.15, 0.2) is 0 Å². The lowest BCUT2D eigenvalue weighted by atomic mass is 9.98. The van der Waals surface area contributed by atoms with Crippen LogP contribution in [0.3, 0.4) is 0 Å². The molecular formula is C19H37N5O5. The molecule has 0 aliphatic rings. The van der Waals surface area contributed by atoms with Gasteiger partial charge in [0.15, 0.2) is 0 Å². The van der Waals surface area contributed by atoms with E-state index in [1.165, 1.54) is 0 Å². The lowest BCUT2D eigenvalue weighted by molar-refractivity contribution is -0.139. The van der Waals surface area contributed by atoms with Crippen LogP contribution in [0.5, 0.6) is 0 Å². The minimum atomic E-state index is -1.18. The van der Waals surface area contributed by atoms with Gasteiger partial charge in [0.2, 0.25) is 17.7 Å². The average Bonchev–Trinajstić information content (AvgIpc) is 2.67. The summed E-state index contributed by atoms with van der Waals surface area (Å²) < 4.78 is 0. The Labute approximate surface area is 172 Å². The predicted octanol–water partition coefficient (Wildman–Crippen LogP) is -0.685. The van der Waals surface area contributed by atoms with Crippen LogP contribution in [0, 0.1) is 11.8 Å². The van der Waals surface area contributed by atoms with Crippen molar-refractivity contribution < 1.29 is 24.3 Å². The Balaban J connectivity index is 5.21. The standard InChI is InChI=1S/C19H37N5O5/c1-5-12(4)15(21)18(28)23-13(8-6-7-9-20)17(27)24-16(11(2)3)19(29)22-10-14(25)26/h11-13,15-16H,5-10,20-21H2,1-4H3,(H,22,29)(H,23,28)(H,24,27)(H,25,26). The fourth-order valence-electron chi connectivity index (χ4n) is 2.60. The van der Waals surface area contributed by atoms with Crippen LogP contribution >= 0.6 is 0 Å². The molecule has 0 spiro atoms. The second-order valence-electron chi connectivity index (χ2n) is 7.60. The molecule has 10 nitrogen and oxygen atoms in total. The van der Waals surface area contributed by atoms with Gasteiger partial charge >= 0.3 is 5.97 Å². The number of nitrogens with two attached hydrogens (primary N) is 2. The van der Waals surface area contributed by atoms with Crippen molar-refractivity contribution in [1.29, 1.82) is 0 Å². The van der Waals surface area contributed by atoms with Gasteiger partial charge in [0.1, 0.15) is 18.6 Å². The number of aliphatic carboxylic acids is 1. The number of carbonyl (C=O) groups is 4. The summed E-state index contributed by atoms with van der Waals surface area (Å²) in [6, 6.07) is -2.54. The van der Waals surface area contributed by atoms with Gasteiger partial charge in [0, 0.05) is 0 Å². The van der Waals surface area contributed by atoms with E-state index >= 15 is 0 Å². The number of nitrogens with one attached hydrogen (secondary N) is 3. The van der Waals surface area contributed by atoms with Crippen molar-refractivity contribution in [2.24, 2.45) is 23.3 Å². The number of amides is 3. The molecule has 0 saturated carbocycles. The van der Waals surface area contributed by atoms with Crippen molar-refractivity contribution in [2.75, 3.05) is 13.1 Å². The van der Waals surface area contributed by atoms with E-state index in [0.717, 1.165) is 6.42 Å². The highest BCUT2D eigenvalue weighted by Gasteiger charge is 2.30. The smallest absolute Gasteiger partial charge is 0.322 e. The van der Waals surface area contributed by atoms with Gasteiger partial charge in [-0.1, -0.05) is 34.1 Å². The third kappa shape index (κ3) is 10.2. The maximum atomic E-state index is 12.8. The van der Waals surface area contributed by atoms with E-state index in [0.29, 0.717) is 25.8 Å². The molecule has 0 bridgehead atoms. The summed E-state index contributed by atoms with van der Waals surface area (Å²) in [4.78, 5) is 48.2. The van der Waals surface area contributed by atoms with E-state index in [1.54, 1.807) is 13.8 Å². The number of hydrogen-bond acceptors (Lipinski definition) is 6. The van der Waals surface area contributed by atoms with Gasteiger partial charge in [-0.2, -0.15) is 0 Å². The molecule has 0 aliphatic carbocycles. The Hall–Kier alpha value is -2.20. The summed E-state index contributed by atoms with van der Waals surface area (Å²) in [7, 11) is 0. The van der Waals surface area contributed by atoms with Gasteiger partial charge in [-0.05, 0) is 37.6 Å². The number of hydrogen-bond donors (Lipinski definition) is 6. The molecule has 0 fully saturated rings. The third-order valence-electron chi connectivity index (χ3n) is 4.80. The van der Waals surface area contributed by atoms with E-state index in [4.69, 9.17) is 16.6 Å². The zero-order valence-electron chi connectivity index (χ0n) is 17.9. The first kappa shape index (κ1) is 26.8. The Bertz CT molecular complexity index is 555. The van der Waals surface area contributed by atoms with E-state index in [-0.39, 0.29) is 11.8 Å². The molecule has 0 aliphatic heterocycles. The first-order valence-electron chi connectivity index (χ1n) is 10.1. The van der Waals surface area contributed by atoms with Crippen LogP contribution in [0.1, 0.15) is 53.4 Å². The normalized spacial score (nSPS) is 15.1. The fourth-order valence-corrected chi connectivity index (χ4v) is 2.60. The highest BCUT2D eigenvalue weighted by molar-refractivity contribution is 5.93. The van der Waals surface area contributed by atoms with Crippen LogP contribution in [0.4, 0.5) is 0 Å². The minimum Gasteiger partial charge on any atom is -0.480 e. The van der Waals surface area contributed by atoms with Crippen molar-refractivity contribution in [3.63, 3.8) is 0 Å². The Morgan fingerprint density at radius 1 is 0.966 bits per heavy atom. The van der Waals surface area contributed by atoms with Crippen LogP contribution in [0.25, 0.3) is 0 Å². The van der Waals surface area contributed by atoms with Crippen molar-refractivity contribution in [1.82, 2.24) is 16.0 Å². The zero-order chi connectivity index (χ0) is 22.6. The quantitative estimate of drug-likeness (QED) is 0.203. The van der Waals surface area contributed by atoms with E-state index in [9.17, 15) is 19.2 Å². The summed E-state index contributed by atoms with van der Waals surface area (Å²) in [6.45, 7) is 7.15. The van der Waals surface area contributed by atoms with Crippen molar-refractivity contribution >= 4 is 23.7 Å². The summed E-state index contributed by atoms with van der Waals surface area (Å²) in [5.74, 6) is -3.06. The molecule has 0 heterocycles. The van der Waals surface area contributed by atoms with E-state index in [2.05, 4.69) is 16.0 Å². The fraction of sp³-hybridized carbons (Fsp3) is 0.789. The third-order valence-corrected chi connectivity index (χ3v) is 4.80. The van der Waals surface area contributed by atoms with E-state index in [1.807, 2.05) is 13.8 Å². The average molecular weight is 416 g/mol. The van der Waals surface area contributed by atoms with Crippen LogP contribution in [0.2, 0.25) is 0 Å². The molecule has 10 heteroatoms. The lowest BCUT2D eigenvalue weighted by Crippen LogP contribution is -2.57. The molecule has 0 aromatic rings. The van der Waals surface area contributed by atoms with Gasteiger partial charge in [0.25, 0.3) is 0 Å². The summed E-state index contributed by atoms with van der Waals surface area (Å²) >= 11 is 0. The highest BCUT2D eigenvalue weighted by Crippen LogP contribution is 2.09. The van der Waals surface area contributed by atoms with Crippen LogP contribution in [-0.2, 0) is 19.2 Å². The van der Waals surface area contributed by atoms with Gasteiger partial charge in [-0.3, -0.25) is 19.2 Å². The summed E-state index contributed by atoms with van der Waals surface area (Å²) in [6.07, 6.45) is 2.37. The monoisotopic (exact) mass is 415 g/mol. The van der Waals surface area contributed by atoms with Gasteiger partial charge < -0.3 is 32.5 Å². The Morgan fingerprint density at radius 3 is 2.07 bits per heavy atom. The lowest BCUT2D eigenvalue weighted by Gasteiger charge is -2.26. The van der Waals surface area contributed by atoms with Crippen LogP contribution < -0.4 is 27.4 Å². The number of unbranched alkanes of at least 4 members (excludes halogenated alkanes) is 1. The molecule has 0 aromatic heterocycles. The summed E-state index contributed by atoms with van der Waals surface area (Å²) in [5, 5.41) is 16.3. The molecule has 8 N–H and O–H groups in total. The maximum Gasteiger partial charge on any atom is 0.322 e. The topological polar surface area (TPSA) is 177 Å². The van der Waals surface area contributed by atoms with Crippen molar-refractivity contribution in [3.8, 4) is 0 Å². The minimum absolute atomic E-state index is 0.0482. The van der Waals surface area contributed by atoms with Gasteiger partial charge in [-0.15, -0.1) is 0 Å². The number of carboxylic acids is 1. The SMILES string of the molecule is CCC(C)C(N)C(=O)NC(CCCCN)C(=O)NC(C(=O)NCC(=O)O)C(C)C. The molecule has 4 unspecified atom stereocenters. The molecule has 4 atom stereocenters. The molecule has 29 heavy (non-hydrogen) atoms. The van der Waals surface area contributed by atoms with Crippen molar-refractivity contribution in [3.05, 3.63) is 0 Å². The molecule has 168 valence electrons. The molecule has 0 rings (SSSR count). The Morgan fingerprint density at radius 2 is 1.59 bits per heavy atom. The number of carbonyl (C=O) groups excluding carboxylic acids is 3. The van der Waals surface area contributed by atoms with Gasteiger partial charge in [0.05, 0.1) is 6.04 Å². The highest BCUT2D eigenvalue weighted by atomic mass is 16.4. The zero-order valence-corrected chi connectivity index (χ0v) is 17.9.